The lowest BCUT2D eigenvalue weighted by Gasteiger charge is -2.39. The van der Waals surface area contributed by atoms with Gasteiger partial charge in [-0.3, -0.25) is 4.79 Å². The first kappa shape index (κ1) is 22.6. The lowest BCUT2D eigenvalue weighted by Crippen LogP contribution is -2.53. The number of benzene rings is 2. The van der Waals surface area contributed by atoms with Crippen molar-refractivity contribution in [2.24, 2.45) is 0 Å². The van der Waals surface area contributed by atoms with Crippen molar-refractivity contribution in [3.05, 3.63) is 54.4 Å². The van der Waals surface area contributed by atoms with Gasteiger partial charge in [0.15, 0.2) is 11.5 Å². The average Bonchev–Trinajstić information content (AvgIpc) is 2.82. The number of carbonyl (C=O) groups excluding carboxylic acids is 1. The topological polar surface area (TPSA) is 76.6 Å². The third-order valence-electron chi connectivity index (χ3n) is 5.73. The number of aromatic nitrogens is 2. The summed E-state index contributed by atoms with van der Waals surface area (Å²) in [5, 5.41) is 2.82. The fraction of sp³-hybridized carbons (Fsp3) is 0.348. The number of nitrogens with zero attached hydrogens (tertiary/aromatic N) is 3. The van der Waals surface area contributed by atoms with Gasteiger partial charge in [0, 0.05) is 36.5 Å². The van der Waals surface area contributed by atoms with Gasteiger partial charge < -0.3 is 19.7 Å². The highest BCUT2D eigenvalue weighted by molar-refractivity contribution is 5.92. The smallest absolute Gasteiger partial charge is 0.471 e. The van der Waals surface area contributed by atoms with Gasteiger partial charge in [-0.25, -0.2) is 9.97 Å². The molecule has 0 saturated carbocycles. The van der Waals surface area contributed by atoms with Gasteiger partial charge in [0.1, 0.15) is 12.1 Å². The third-order valence-corrected chi connectivity index (χ3v) is 5.73. The molecule has 0 unspecified atom stereocenters. The minimum atomic E-state index is -4.95. The molecule has 1 saturated heterocycles. The molecule has 0 aliphatic carbocycles. The average molecular weight is 460 g/mol. The maximum Gasteiger partial charge on any atom is 0.471 e. The van der Waals surface area contributed by atoms with Gasteiger partial charge >= 0.3 is 12.1 Å². The normalized spacial score (nSPS) is 18.8. The van der Waals surface area contributed by atoms with Crippen LogP contribution in [0.5, 0.6) is 11.5 Å². The number of alkyl halides is 3. The number of fused-ring (bicyclic) bond motifs is 1. The molecule has 10 heteroatoms. The monoisotopic (exact) mass is 460 g/mol. The summed E-state index contributed by atoms with van der Waals surface area (Å²) in [6, 6.07) is 12.3. The van der Waals surface area contributed by atoms with Crippen LogP contribution >= 0.6 is 0 Å². The van der Waals surface area contributed by atoms with Gasteiger partial charge in [-0.15, -0.1) is 0 Å². The number of hydrogen-bond donors (Lipinski definition) is 1. The quantitative estimate of drug-likeness (QED) is 0.626. The molecule has 1 amide bonds. The van der Waals surface area contributed by atoms with Gasteiger partial charge in [-0.05, 0) is 18.1 Å². The highest BCUT2D eigenvalue weighted by Crippen LogP contribution is 2.37. The number of nitrogens with one attached hydrogen (secondary N) is 1. The maximum atomic E-state index is 12.9. The molecular formula is C23H23F3N4O3. The third kappa shape index (κ3) is 4.79. The van der Waals surface area contributed by atoms with E-state index in [1.807, 2.05) is 35.2 Å². The Morgan fingerprint density at radius 2 is 1.76 bits per heavy atom. The minimum Gasteiger partial charge on any atom is -0.493 e. The van der Waals surface area contributed by atoms with Crippen molar-refractivity contribution in [3.63, 3.8) is 0 Å². The lowest BCUT2D eigenvalue weighted by molar-refractivity contribution is -0.174. The summed E-state index contributed by atoms with van der Waals surface area (Å²) >= 11 is 0. The molecule has 0 spiro atoms. The Labute approximate surface area is 188 Å². The molecule has 1 aliphatic heterocycles. The number of anilines is 1. The van der Waals surface area contributed by atoms with Gasteiger partial charge in [0.2, 0.25) is 0 Å². The van der Waals surface area contributed by atoms with Crippen molar-refractivity contribution < 1.29 is 27.4 Å². The predicted molar refractivity (Wildman–Crippen MR) is 117 cm³/mol. The van der Waals surface area contributed by atoms with E-state index in [9.17, 15) is 18.0 Å². The number of halogens is 3. The van der Waals surface area contributed by atoms with E-state index >= 15 is 0 Å². The van der Waals surface area contributed by atoms with Gasteiger partial charge in [-0.2, -0.15) is 13.2 Å². The van der Waals surface area contributed by atoms with Crippen molar-refractivity contribution >= 4 is 22.6 Å². The summed E-state index contributed by atoms with van der Waals surface area (Å²) in [4.78, 5) is 22.3. The summed E-state index contributed by atoms with van der Waals surface area (Å²) < 4.78 is 49.6. The standard InChI is InChI=1S/C23H23F3N4O3/c1-32-19-9-17-18(10-20(19)33-2)27-13-28-21(17)30-11-15(14-6-4-3-5-7-14)8-16(12-30)29-22(31)23(24,25)26/h3-7,9-10,13,15-16H,8,11-12H2,1-2H3,(H,29,31)/t15-,16+/m1/s1. The van der Waals surface area contributed by atoms with Crippen molar-refractivity contribution in [1.82, 2.24) is 15.3 Å². The largest absolute Gasteiger partial charge is 0.493 e. The van der Waals surface area contributed by atoms with Crippen LogP contribution < -0.4 is 19.7 Å². The highest BCUT2D eigenvalue weighted by atomic mass is 19.4. The van der Waals surface area contributed by atoms with Gasteiger partial charge in [0.05, 0.1) is 19.7 Å². The van der Waals surface area contributed by atoms with Crippen molar-refractivity contribution in [2.75, 3.05) is 32.2 Å². The van der Waals surface area contributed by atoms with E-state index in [2.05, 4.69) is 15.3 Å². The fourth-order valence-electron chi connectivity index (χ4n) is 4.23. The van der Waals surface area contributed by atoms with E-state index in [-0.39, 0.29) is 12.5 Å². The molecule has 3 aromatic rings. The molecule has 33 heavy (non-hydrogen) atoms. The first-order valence-corrected chi connectivity index (χ1v) is 10.3. The molecule has 1 N–H and O–H groups in total. The van der Waals surface area contributed by atoms with Crippen molar-refractivity contribution in [2.45, 2.75) is 24.6 Å². The van der Waals surface area contributed by atoms with E-state index in [0.29, 0.717) is 41.2 Å². The number of hydrogen-bond acceptors (Lipinski definition) is 6. The van der Waals surface area contributed by atoms with Crippen molar-refractivity contribution in [3.8, 4) is 11.5 Å². The number of amides is 1. The Balaban J connectivity index is 1.73. The fourth-order valence-corrected chi connectivity index (χ4v) is 4.23. The van der Waals surface area contributed by atoms with Crippen LogP contribution in [-0.4, -0.2) is 55.4 Å². The Hall–Kier alpha value is -3.56. The second-order valence-corrected chi connectivity index (χ2v) is 7.84. The van der Waals surface area contributed by atoms with Crippen molar-refractivity contribution in [1.29, 1.82) is 0 Å². The molecule has 174 valence electrons. The van der Waals surface area contributed by atoms with Crippen LogP contribution in [0, 0.1) is 0 Å². The molecule has 0 radical (unpaired) electrons. The van der Waals surface area contributed by atoms with Gasteiger partial charge in [-0.1, -0.05) is 30.3 Å². The lowest BCUT2D eigenvalue weighted by atomic mass is 9.88. The second kappa shape index (κ2) is 9.13. The number of piperidine rings is 1. The zero-order valence-electron chi connectivity index (χ0n) is 18.1. The molecular weight excluding hydrogens is 437 g/mol. The van der Waals surface area contributed by atoms with Crippen LogP contribution in [0.15, 0.2) is 48.8 Å². The van der Waals surface area contributed by atoms with Gasteiger partial charge in [0.25, 0.3) is 0 Å². The summed E-state index contributed by atoms with van der Waals surface area (Å²) in [6.45, 7) is 0.689. The molecule has 1 fully saturated rings. The number of methoxy groups -OCH3 is 2. The molecule has 7 nitrogen and oxygen atoms in total. The predicted octanol–water partition coefficient (Wildman–Crippen LogP) is 3.69. The number of rotatable bonds is 5. The highest BCUT2D eigenvalue weighted by Gasteiger charge is 2.41. The Morgan fingerprint density at radius 3 is 2.42 bits per heavy atom. The zero-order valence-corrected chi connectivity index (χ0v) is 18.1. The van der Waals surface area contributed by atoms with Crippen LogP contribution in [0.25, 0.3) is 10.9 Å². The van der Waals surface area contributed by atoms with E-state index in [0.717, 1.165) is 5.56 Å². The summed E-state index contributed by atoms with van der Waals surface area (Å²) in [7, 11) is 3.04. The first-order valence-electron chi connectivity index (χ1n) is 10.3. The van der Waals surface area contributed by atoms with Crippen LogP contribution in [0.3, 0.4) is 0 Å². The molecule has 2 heterocycles. The van der Waals surface area contributed by atoms with Crippen LogP contribution in [0.1, 0.15) is 17.9 Å². The first-order chi connectivity index (χ1) is 15.8. The Kier molecular flexibility index (Phi) is 6.26. The second-order valence-electron chi connectivity index (χ2n) is 7.84. The summed E-state index contributed by atoms with van der Waals surface area (Å²) in [5.74, 6) is -0.512. The molecule has 1 aromatic heterocycles. The molecule has 0 bridgehead atoms. The molecule has 2 atom stereocenters. The maximum absolute atomic E-state index is 12.9. The Bertz CT molecular complexity index is 1140. The Morgan fingerprint density at radius 1 is 1.06 bits per heavy atom. The molecule has 1 aliphatic rings. The minimum absolute atomic E-state index is 0.108. The SMILES string of the molecule is COc1cc2ncnc(N3C[C@@H](NC(=O)C(F)(F)F)C[C@@H](c4ccccc4)C3)c2cc1OC. The van der Waals surface area contributed by atoms with Crippen LogP contribution in [-0.2, 0) is 4.79 Å². The van der Waals surface area contributed by atoms with Crippen LogP contribution in [0.2, 0.25) is 0 Å². The number of carbonyl (C=O) groups is 1. The zero-order chi connectivity index (χ0) is 23.6. The molecule has 2 aromatic carbocycles. The summed E-state index contributed by atoms with van der Waals surface area (Å²) in [5.41, 5.74) is 1.58. The van der Waals surface area contributed by atoms with E-state index in [4.69, 9.17) is 9.47 Å². The van der Waals surface area contributed by atoms with E-state index in [1.165, 1.54) is 20.5 Å². The molecule has 4 rings (SSSR count). The van der Waals surface area contributed by atoms with Crippen LogP contribution in [0.4, 0.5) is 19.0 Å². The summed E-state index contributed by atoms with van der Waals surface area (Å²) in [6.07, 6.45) is -3.17. The van der Waals surface area contributed by atoms with E-state index in [1.54, 1.807) is 12.1 Å². The number of ether oxygens (including phenoxy) is 2. The van der Waals surface area contributed by atoms with E-state index < -0.39 is 18.1 Å².